The van der Waals surface area contributed by atoms with Crippen LogP contribution in [0.1, 0.15) is 34.5 Å². The summed E-state index contributed by atoms with van der Waals surface area (Å²) < 4.78 is 14.4. The molecular formula is C16H15BrFNO. The number of hydrogen-bond acceptors (Lipinski definition) is 1. The Morgan fingerprint density at radius 2 is 1.90 bits per heavy atom. The highest BCUT2D eigenvalue weighted by molar-refractivity contribution is 9.10. The van der Waals surface area contributed by atoms with Crippen LogP contribution in [-0.2, 0) is 0 Å². The van der Waals surface area contributed by atoms with Gasteiger partial charge in [-0.25, -0.2) is 4.39 Å². The summed E-state index contributed by atoms with van der Waals surface area (Å²) in [6.45, 7) is 3.68. The van der Waals surface area contributed by atoms with E-state index in [0.717, 1.165) is 10.0 Å². The zero-order chi connectivity index (χ0) is 14.7. The van der Waals surface area contributed by atoms with Gasteiger partial charge in [0.2, 0.25) is 0 Å². The molecule has 0 heterocycles. The third-order valence-electron chi connectivity index (χ3n) is 3.16. The van der Waals surface area contributed by atoms with Crippen molar-refractivity contribution in [3.05, 3.63) is 69.4 Å². The lowest BCUT2D eigenvalue weighted by molar-refractivity contribution is 0.0938. The van der Waals surface area contributed by atoms with Crippen LogP contribution in [0.5, 0.6) is 0 Å². The third kappa shape index (κ3) is 3.07. The lowest BCUT2D eigenvalue weighted by Crippen LogP contribution is -2.27. The highest BCUT2D eigenvalue weighted by Crippen LogP contribution is 2.22. The summed E-state index contributed by atoms with van der Waals surface area (Å²) in [5, 5.41) is 2.81. The fraction of sp³-hybridized carbons (Fsp3) is 0.188. The molecule has 2 rings (SSSR count). The number of hydrogen-bond donors (Lipinski definition) is 1. The first-order valence-corrected chi connectivity index (χ1v) is 7.10. The quantitative estimate of drug-likeness (QED) is 0.885. The number of benzene rings is 2. The third-order valence-corrected chi connectivity index (χ3v) is 4.21. The number of carbonyl (C=O) groups is 1. The standard InChI is InChI=1S/C16H15BrFNO/c1-10-6-5-8-13(15(10)17)16(20)19-11(2)12-7-3-4-9-14(12)18/h3-9,11H,1-2H3,(H,19,20). The minimum Gasteiger partial charge on any atom is -0.345 e. The zero-order valence-electron chi connectivity index (χ0n) is 11.3. The predicted octanol–water partition coefficient (Wildman–Crippen LogP) is 4.39. The number of aryl methyl sites for hydroxylation is 1. The molecule has 2 aromatic carbocycles. The molecular weight excluding hydrogens is 321 g/mol. The van der Waals surface area contributed by atoms with E-state index in [1.54, 1.807) is 31.2 Å². The molecule has 4 heteroatoms. The first kappa shape index (κ1) is 14.7. The van der Waals surface area contributed by atoms with Crippen LogP contribution < -0.4 is 5.32 Å². The molecule has 0 aromatic heterocycles. The second-order valence-electron chi connectivity index (χ2n) is 4.65. The Kier molecular flexibility index (Phi) is 4.55. The molecule has 0 fully saturated rings. The van der Waals surface area contributed by atoms with Gasteiger partial charge in [-0.2, -0.15) is 0 Å². The summed E-state index contributed by atoms with van der Waals surface area (Å²) in [5.74, 6) is -0.542. The molecule has 1 amide bonds. The van der Waals surface area contributed by atoms with Crippen LogP contribution in [0.2, 0.25) is 0 Å². The highest BCUT2D eigenvalue weighted by atomic mass is 79.9. The Bertz CT molecular complexity index is 642. The fourth-order valence-electron chi connectivity index (χ4n) is 2.00. The van der Waals surface area contributed by atoms with Gasteiger partial charge >= 0.3 is 0 Å². The van der Waals surface area contributed by atoms with Crippen molar-refractivity contribution in [1.29, 1.82) is 0 Å². The SMILES string of the molecule is Cc1cccc(C(=O)NC(C)c2ccccc2F)c1Br. The molecule has 2 aromatic rings. The van der Waals surface area contributed by atoms with E-state index in [0.29, 0.717) is 11.1 Å². The van der Waals surface area contributed by atoms with Crippen molar-refractivity contribution in [3.8, 4) is 0 Å². The molecule has 0 saturated heterocycles. The Morgan fingerprint density at radius 1 is 1.20 bits per heavy atom. The lowest BCUT2D eigenvalue weighted by atomic mass is 10.1. The second kappa shape index (κ2) is 6.18. The average molecular weight is 336 g/mol. The Balaban J connectivity index is 2.20. The Morgan fingerprint density at radius 3 is 2.60 bits per heavy atom. The van der Waals surface area contributed by atoms with E-state index in [9.17, 15) is 9.18 Å². The number of carbonyl (C=O) groups excluding carboxylic acids is 1. The van der Waals surface area contributed by atoms with Crippen LogP contribution in [0.15, 0.2) is 46.9 Å². The molecule has 20 heavy (non-hydrogen) atoms. The molecule has 1 unspecified atom stereocenters. The average Bonchev–Trinajstić information content (AvgIpc) is 2.42. The molecule has 1 N–H and O–H groups in total. The van der Waals surface area contributed by atoms with E-state index in [1.807, 2.05) is 19.1 Å². The van der Waals surface area contributed by atoms with E-state index in [1.165, 1.54) is 6.07 Å². The van der Waals surface area contributed by atoms with Crippen LogP contribution in [0.3, 0.4) is 0 Å². The van der Waals surface area contributed by atoms with Crippen molar-refractivity contribution in [3.63, 3.8) is 0 Å². The summed E-state index contributed by atoms with van der Waals surface area (Å²) in [5.41, 5.74) is 2.01. The van der Waals surface area contributed by atoms with E-state index in [2.05, 4.69) is 21.2 Å². The Hall–Kier alpha value is -1.68. The molecule has 0 aliphatic heterocycles. The fourth-order valence-corrected chi connectivity index (χ4v) is 2.45. The van der Waals surface area contributed by atoms with Gasteiger partial charge in [0, 0.05) is 10.0 Å². The van der Waals surface area contributed by atoms with Crippen molar-refractivity contribution in [1.82, 2.24) is 5.32 Å². The van der Waals surface area contributed by atoms with Gasteiger partial charge in [-0.05, 0) is 47.5 Å². The molecule has 0 aliphatic carbocycles. The van der Waals surface area contributed by atoms with Crippen LogP contribution in [0, 0.1) is 12.7 Å². The van der Waals surface area contributed by atoms with Gasteiger partial charge in [0.15, 0.2) is 0 Å². The highest BCUT2D eigenvalue weighted by Gasteiger charge is 2.16. The van der Waals surface area contributed by atoms with Gasteiger partial charge < -0.3 is 5.32 Å². The van der Waals surface area contributed by atoms with Crippen molar-refractivity contribution in [2.75, 3.05) is 0 Å². The molecule has 1 atom stereocenters. The van der Waals surface area contributed by atoms with Crippen molar-refractivity contribution < 1.29 is 9.18 Å². The summed E-state index contributed by atoms with van der Waals surface area (Å²) >= 11 is 3.41. The number of rotatable bonds is 3. The lowest BCUT2D eigenvalue weighted by Gasteiger charge is -2.16. The second-order valence-corrected chi connectivity index (χ2v) is 5.45. The van der Waals surface area contributed by atoms with Gasteiger partial charge in [0.1, 0.15) is 5.82 Å². The van der Waals surface area contributed by atoms with Crippen molar-refractivity contribution >= 4 is 21.8 Å². The monoisotopic (exact) mass is 335 g/mol. The van der Waals surface area contributed by atoms with E-state index >= 15 is 0 Å². The Labute approximate surface area is 126 Å². The minimum atomic E-state index is -0.392. The first-order valence-electron chi connectivity index (χ1n) is 6.31. The van der Waals surface area contributed by atoms with Gasteiger partial charge in [-0.15, -0.1) is 0 Å². The molecule has 2 nitrogen and oxygen atoms in total. The van der Waals surface area contributed by atoms with Gasteiger partial charge in [-0.1, -0.05) is 30.3 Å². The largest absolute Gasteiger partial charge is 0.345 e. The summed E-state index contributed by atoms with van der Waals surface area (Å²) in [6.07, 6.45) is 0. The van der Waals surface area contributed by atoms with E-state index in [4.69, 9.17) is 0 Å². The maximum Gasteiger partial charge on any atom is 0.252 e. The molecule has 104 valence electrons. The summed E-state index contributed by atoms with van der Waals surface area (Å²) in [6, 6.07) is 11.5. The van der Waals surface area contributed by atoms with E-state index < -0.39 is 6.04 Å². The zero-order valence-corrected chi connectivity index (χ0v) is 12.9. The van der Waals surface area contributed by atoms with Crippen LogP contribution in [0.4, 0.5) is 4.39 Å². The van der Waals surface area contributed by atoms with Gasteiger partial charge in [-0.3, -0.25) is 4.79 Å². The first-order chi connectivity index (χ1) is 9.50. The number of amides is 1. The topological polar surface area (TPSA) is 29.1 Å². The van der Waals surface area contributed by atoms with Crippen LogP contribution >= 0.6 is 15.9 Å². The van der Waals surface area contributed by atoms with Crippen molar-refractivity contribution in [2.24, 2.45) is 0 Å². The molecule has 0 bridgehead atoms. The minimum absolute atomic E-state index is 0.226. The smallest absolute Gasteiger partial charge is 0.252 e. The van der Waals surface area contributed by atoms with Gasteiger partial charge in [0.05, 0.1) is 11.6 Å². The van der Waals surface area contributed by atoms with Crippen LogP contribution in [0.25, 0.3) is 0 Å². The van der Waals surface area contributed by atoms with Crippen LogP contribution in [-0.4, -0.2) is 5.91 Å². The van der Waals surface area contributed by atoms with Crippen molar-refractivity contribution in [2.45, 2.75) is 19.9 Å². The molecule has 0 radical (unpaired) electrons. The van der Waals surface area contributed by atoms with Gasteiger partial charge in [0.25, 0.3) is 5.91 Å². The normalized spacial score (nSPS) is 12.0. The molecule has 0 aliphatic rings. The molecule has 0 saturated carbocycles. The summed E-state index contributed by atoms with van der Waals surface area (Å²) in [7, 11) is 0. The predicted molar refractivity (Wildman–Crippen MR) is 81.2 cm³/mol. The summed E-state index contributed by atoms with van der Waals surface area (Å²) in [4.78, 5) is 12.2. The maximum absolute atomic E-state index is 13.7. The number of halogens is 2. The molecule has 0 spiro atoms. The maximum atomic E-state index is 13.7. The number of nitrogens with one attached hydrogen (secondary N) is 1. The van der Waals surface area contributed by atoms with E-state index in [-0.39, 0.29) is 11.7 Å².